The number of benzene rings is 5. The van der Waals surface area contributed by atoms with Crippen molar-refractivity contribution in [1.29, 1.82) is 0 Å². The van der Waals surface area contributed by atoms with Gasteiger partial charge in [0.15, 0.2) is 0 Å². The number of rotatable bonds is 3. The normalized spacial score (nSPS) is 17.4. The molecule has 0 N–H and O–H groups in total. The second-order valence-corrected chi connectivity index (χ2v) is 18.6. The molecule has 6 heteroatoms. The van der Waals surface area contributed by atoms with Gasteiger partial charge in [-0.3, -0.25) is 0 Å². The van der Waals surface area contributed by atoms with E-state index in [0.29, 0.717) is 11.5 Å². The summed E-state index contributed by atoms with van der Waals surface area (Å²) in [7, 11) is 2.15. The van der Waals surface area contributed by atoms with Gasteiger partial charge in [0.25, 0.3) is 0 Å². The largest absolute Gasteiger partial charge is 0.0548 e. The van der Waals surface area contributed by atoms with Crippen molar-refractivity contribution in [2.45, 2.75) is 84.0 Å². The Bertz CT molecular complexity index is 3010. The summed E-state index contributed by atoms with van der Waals surface area (Å²) in [6, 6.07) is 38.1. The molecule has 0 amide bonds. The molecule has 2 aliphatic heterocycles. The molecule has 0 saturated carbocycles. The molecule has 5 aromatic carbocycles. The molecule has 5 heterocycles. The van der Waals surface area contributed by atoms with E-state index in [2.05, 4.69) is 199 Å². The fraction of sp³-hybridized carbons (Fsp3) is 0.292. The van der Waals surface area contributed by atoms with E-state index in [1.165, 1.54) is 49.9 Å². The third-order valence-electron chi connectivity index (χ3n) is 14.1. The summed E-state index contributed by atoms with van der Waals surface area (Å²) in [4.78, 5) is 5.52. The average Bonchev–Trinajstić information content (AvgIpc) is 3.66. The first kappa shape index (κ1) is 33.8. The van der Waals surface area contributed by atoms with Crippen LogP contribution in [0.2, 0.25) is 0 Å². The van der Waals surface area contributed by atoms with Crippen molar-refractivity contribution >= 4 is 38.4 Å². The average molecular weight is 888 g/mol. The van der Waals surface area contributed by atoms with E-state index in [1.54, 1.807) is 0 Å². The van der Waals surface area contributed by atoms with Gasteiger partial charge in [-0.2, -0.15) is 0 Å². The Balaban J connectivity index is 1.22. The predicted molar refractivity (Wildman–Crippen MR) is 216 cm³/mol. The van der Waals surface area contributed by atoms with E-state index in [0.717, 1.165) is 37.2 Å². The summed E-state index contributed by atoms with van der Waals surface area (Å²) in [6.45, 7) is 21.2. The molecule has 0 saturated heterocycles. The van der Waals surface area contributed by atoms with Gasteiger partial charge in [-0.05, 0) is 12.5 Å². The number of aromatic nitrogens is 4. The van der Waals surface area contributed by atoms with Crippen molar-refractivity contribution in [3.63, 3.8) is 0 Å². The molecule has 0 bridgehead atoms. The Hall–Kier alpha value is -4.73. The van der Waals surface area contributed by atoms with Crippen LogP contribution in [-0.4, -0.2) is 18.5 Å². The molecule has 274 valence electrons. The van der Waals surface area contributed by atoms with E-state index < -0.39 is 0 Å². The molecule has 2 aliphatic rings. The van der Waals surface area contributed by atoms with Crippen molar-refractivity contribution in [2.24, 2.45) is 7.05 Å². The van der Waals surface area contributed by atoms with Crippen LogP contribution < -0.4 is 4.74 Å². The van der Waals surface area contributed by atoms with Gasteiger partial charge in [0, 0.05) is 16.4 Å². The Kier molecular flexibility index (Phi) is 6.72. The smallest absolute Gasteiger partial charge is 0.0160 e. The molecule has 5 nitrogen and oxygen atoms in total. The maximum atomic E-state index is 6.80. The van der Waals surface area contributed by atoms with Crippen LogP contribution in [0.4, 0.5) is 0 Å². The Labute approximate surface area is 327 Å². The minimum Gasteiger partial charge on any atom is -0.0548 e. The maximum absolute atomic E-state index is 6.80. The summed E-state index contributed by atoms with van der Waals surface area (Å²) >= 11 is 2.46. The van der Waals surface area contributed by atoms with Crippen molar-refractivity contribution in [2.75, 3.05) is 0 Å². The summed E-state index contributed by atoms with van der Waals surface area (Å²) < 4.78 is 15.0. The van der Waals surface area contributed by atoms with Gasteiger partial charge in [-0.15, -0.1) is 0 Å². The van der Waals surface area contributed by atoms with Gasteiger partial charge >= 0.3 is 230 Å². The quantitative estimate of drug-likeness (QED) is 0.131. The van der Waals surface area contributed by atoms with E-state index >= 15 is 0 Å². The topological polar surface area (TPSA) is 36.4 Å². The summed E-state index contributed by atoms with van der Waals surface area (Å²) in [5.74, 6) is 1.30. The summed E-state index contributed by atoms with van der Waals surface area (Å²) in [5.41, 5.74) is 13.5. The predicted octanol–water partition coefficient (Wildman–Crippen LogP) is 11.5. The Morgan fingerprint density at radius 2 is 1.31 bits per heavy atom. The first-order valence-corrected chi connectivity index (χ1v) is 20.0. The maximum Gasteiger partial charge on any atom is 0.0160 e. The number of imidazole rings is 2. The van der Waals surface area contributed by atoms with E-state index in [-0.39, 0.29) is 21.7 Å². The van der Waals surface area contributed by atoms with Crippen LogP contribution in [-0.2, 0) is 48.1 Å². The number of nitrogens with zero attached hydrogens (tertiary/aromatic N) is 4. The van der Waals surface area contributed by atoms with Gasteiger partial charge in [0.05, 0.1) is 0 Å². The number of fused-ring (bicyclic) bond motifs is 5. The van der Waals surface area contributed by atoms with Crippen LogP contribution in [0, 0.1) is 22.9 Å². The number of hydrogen-bond acceptors (Lipinski definition) is 2. The SMILES string of the molecule is Cc1ccc2c3c1c1ccc(Oc4[c-]c5c(cc4)C(C)(C)C(C)(C)c4cccc6c4n-5[c](=[Pt])n6C)[c-]c1c1nc(-c4ccccc4)c(n13)C(C)(C)C2(C)C. The minimum absolute atomic E-state index is 0.141. The standard InChI is InChI=1S/C48H44N4O.Pt/c1-28-19-23-36-42-39(28)32-22-20-30(25-33(32)44-49-40(29-15-12-11-13-16-29)43(52(42)44)48(8,9)47(36,6)7)53-31-21-24-34-38(26-31)51-27-50(10)37-18-14-17-35(41(37)51)46(4,5)45(34,2)3;/h11-24H,1-10H3;/q-2;. The minimum atomic E-state index is -0.218. The molecule has 0 atom stereocenters. The van der Waals surface area contributed by atoms with Gasteiger partial charge in [-0.1, -0.05) is 70.2 Å². The van der Waals surface area contributed by atoms with Crippen LogP contribution >= 0.6 is 0 Å². The molecule has 0 fully saturated rings. The molecule has 8 aromatic rings. The van der Waals surface area contributed by atoms with Crippen LogP contribution in [0.25, 0.3) is 55.3 Å². The number of para-hydroxylation sites is 1. The van der Waals surface area contributed by atoms with Crippen LogP contribution in [0.1, 0.15) is 83.3 Å². The molecule has 0 radical (unpaired) electrons. The third-order valence-corrected chi connectivity index (χ3v) is 15.3. The van der Waals surface area contributed by atoms with Crippen LogP contribution in [0.3, 0.4) is 0 Å². The molecular formula is C48H44N4OPt-2. The van der Waals surface area contributed by atoms with Gasteiger partial charge in [0.1, 0.15) is 0 Å². The van der Waals surface area contributed by atoms with Crippen molar-refractivity contribution in [3.05, 3.63) is 129 Å². The van der Waals surface area contributed by atoms with Gasteiger partial charge in [-0.25, -0.2) is 0 Å². The zero-order chi connectivity index (χ0) is 37.9. The monoisotopic (exact) mass is 887 g/mol. The Morgan fingerprint density at radius 3 is 2.07 bits per heavy atom. The van der Waals surface area contributed by atoms with Gasteiger partial charge in [0.2, 0.25) is 0 Å². The van der Waals surface area contributed by atoms with E-state index in [1.807, 2.05) is 0 Å². The van der Waals surface area contributed by atoms with Crippen LogP contribution in [0.5, 0.6) is 11.5 Å². The van der Waals surface area contributed by atoms with E-state index in [9.17, 15) is 0 Å². The summed E-state index contributed by atoms with van der Waals surface area (Å²) in [6.07, 6.45) is 0. The molecule has 0 spiro atoms. The van der Waals surface area contributed by atoms with Crippen molar-refractivity contribution in [1.82, 2.24) is 18.5 Å². The van der Waals surface area contributed by atoms with Crippen molar-refractivity contribution in [3.8, 4) is 28.4 Å². The molecule has 3 aromatic heterocycles. The number of hydrogen-bond donors (Lipinski definition) is 0. The second-order valence-electron chi connectivity index (χ2n) is 17.6. The third kappa shape index (κ3) is 4.04. The molecule has 0 aliphatic carbocycles. The molecule has 54 heavy (non-hydrogen) atoms. The molecular weight excluding hydrogens is 844 g/mol. The first-order valence-electron chi connectivity index (χ1n) is 18.9. The molecule has 0 unspecified atom stereocenters. The number of ether oxygens (including phenoxy) is 1. The van der Waals surface area contributed by atoms with E-state index in [4.69, 9.17) is 9.72 Å². The van der Waals surface area contributed by atoms with Crippen molar-refractivity contribution < 1.29 is 24.1 Å². The number of pyridine rings is 1. The zero-order valence-corrected chi connectivity index (χ0v) is 34.9. The first-order chi connectivity index (χ1) is 25.6. The zero-order valence-electron chi connectivity index (χ0n) is 32.6. The molecule has 10 rings (SSSR count). The fourth-order valence-corrected chi connectivity index (χ4v) is 10.3. The van der Waals surface area contributed by atoms with Crippen LogP contribution in [0.15, 0.2) is 84.9 Å². The van der Waals surface area contributed by atoms with Gasteiger partial charge < -0.3 is 0 Å². The second kappa shape index (κ2) is 10.7. The fourth-order valence-electron chi connectivity index (χ4n) is 9.56. The number of aryl methyl sites for hydroxylation is 2. The Morgan fingerprint density at radius 1 is 0.667 bits per heavy atom. The summed E-state index contributed by atoms with van der Waals surface area (Å²) in [5, 5.41) is 3.35.